The number of aromatic amines is 1. The van der Waals surface area contributed by atoms with E-state index in [0.717, 1.165) is 46.3 Å². The summed E-state index contributed by atoms with van der Waals surface area (Å²) in [5.74, 6) is 6.02. The highest BCUT2D eigenvalue weighted by Gasteiger charge is 2.61. The van der Waals surface area contributed by atoms with Crippen molar-refractivity contribution < 1.29 is 0 Å². The first-order valence-electron chi connectivity index (χ1n) is 26.5. The van der Waals surface area contributed by atoms with Gasteiger partial charge in [0.1, 0.15) is 0 Å². The summed E-state index contributed by atoms with van der Waals surface area (Å²) >= 11 is 0. The SMILES string of the molecule is CC(C)(C)C12CC(C1)C2.CC(C)(C)C1CC2(CCC2)C1.CC(C)(C)C1CCC1.CC(C)(C)C1CCCC1.CC(C)(C)C1CCCCC1.CC(C)(C)C1CCc2cn[nH]c2C1. The molecule has 60 heavy (non-hydrogen) atoms. The highest BCUT2D eigenvalue weighted by atomic mass is 15.1. The van der Waals surface area contributed by atoms with Crippen molar-refractivity contribution in [2.24, 2.45) is 78.8 Å². The lowest BCUT2D eigenvalue weighted by Crippen LogP contribution is -2.58. The Balaban J connectivity index is 0.000000160. The molecule has 2 bridgehead atoms. The van der Waals surface area contributed by atoms with Crippen LogP contribution in [-0.4, -0.2) is 10.2 Å². The fourth-order valence-electron chi connectivity index (χ4n) is 12.3. The summed E-state index contributed by atoms with van der Waals surface area (Å²) in [4.78, 5) is 0. The van der Waals surface area contributed by atoms with Crippen LogP contribution in [0.3, 0.4) is 0 Å². The maximum absolute atomic E-state index is 4.10. The Hall–Kier alpha value is -0.790. The molecule has 1 spiro atoms. The number of hydrogen-bond donors (Lipinski definition) is 1. The first kappa shape index (κ1) is 51.8. The third-order valence-corrected chi connectivity index (χ3v) is 18.6. The van der Waals surface area contributed by atoms with Gasteiger partial charge in [0.05, 0.1) is 6.20 Å². The van der Waals surface area contributed by atoms with Crippen LogP contribution in [0.2, 0.25) is 0 Å². The van der Waals surface area contributed by atoms with Crippen LogP contribution in [-0.2, 0) is 12.8 Å². The number of hydrogen-bond acceptors (Lipinski definition) is 1. The van der Waals surface area contributed by atoms with Gasteiger partial charge in [-0.05, 0) is 187 Å². The zero-order chi connectivity index (χ0) is 45.0. The zero-order valence-corrected chi connectivity index (χ0v) is 44.3. The molecule has 2 heteroatoms. The number of nitrogens with one attached hydrogen (secondary N) is 1. The van der Waals surface area contributed by atoms with Crippen LogP contribution in [0.15, 0.2) is 6.20 Å². The molecule has 1 unspecified atom stereocenters. The van der Waals surface area contributed by atoms with E-state index in [4.69, 9.17) is 0 Å². The summed E-state index contributed by atoms with van der Waals surface area (Å²) in [5, 5.41) is 7.20. The number of fused-ring (bicyclic) bond motifs is 1. The Morgan fingerprint density at radius 3 is 1.12 bits per heavy atom. The van der Waals surface area contributed by atoms with Crippen molar-refractivity contribution in [2.45, 2.75) is 272 Å². The Morgan fingerprint density at radius 1 is 0.450 bits per heavy atom. The molecule has 8 fully saturated rings. The number of nitrogens with zero attached hydrogens (tertiary/aromatic N) is 1. The average molecular weight is 834 g/mol. The van der Waals surface area contributed by atoms with Gasteiger partial charge < -0.3 is 0 Å². The van der Waals surface area contributed by atoms with Crippen molar-refractivity contribution in [1.82, 2.24) is 10.2 Å². The quantitative estimate of drug-likeness (QED) is 0.277. The van der Waals surface area contributed by atoms with Gasteiger partial charge in [0.2, 0.25) is 0 Å². The van der Waals surface area contributed by atoms with E-state index >= 15 is 0 Å². The van der Waals surface area contributed by atoms with E-state index in [9.17, 15) is 0 Å². The molecule has 8 saturated carbocycles. The van der Waals surface area contributed by atoms with E-state index in [1.54, 1.807) is 12.8 Å². The summed E-state index contributed by atoms with van der Waals surface area (Å²) < 4.78 is 0. The van der Waals surface area contributed by atoms with Crippen LogP contribution in [0.4, 0.5) is 0 Å². The highest BCUT2D eigenvalue weighted by Crippen LogP contribution is 2.71. The molecule has 0 aromatic carbocycles. The molecule has 0 aliphatic heterocycles. The monoisotopic (exact) mass is 833 g/mol. The van der Waals surface area contributed by atoms with Gasteiger partial charge >= 0.3 is 0 Å². The normalized spacial score (nSPS) is 27.9. The lowest BCUT2D eigenvalue weighted by molar-refractivity contribution is -0.181. The van der Waals surface area contributed by atoms with Crippen molar-refractivity contribution in [1.29, 1.82) is 0 Å². The minimum atomic E-state index is 0.433. The molecule has 9 aliphatic rings. The van der Waals surface area contributed by atoms with E-state index in [1.807, 2.05) is 6.20 Å². The summed E-state index contributed by atoms with van der Waals surface area (Å²) in [5.41, 5.74) is 7.84. The standard InChI is InChI=1S/C11H18N2.C11H20.C10H20.C9H16.C9H18.C8H16/c1-11(2,3)9-5-4-8-7-12-13-10(8)6-9;1-10(2,3)9-7-11(8-9)5-4-6-11;1-10(2,3)9-7-5-4-6-8-9;1-8(2,3)9-4-7(5-9)6-9;1-9(2,3)8-6-4-5-7-8;1-8(2,3)7-5-4-6-7/h7,9H,4-6H2,1-3H3,(H,12,13);9H,4-8H2,1-3H3;9H,4-8H2,1-3H3;7H,4-6H2,1-3H3;8H,4-7H2,1-3H3;7H,4-6H2,1-3H3. The summed E-state index contributed by atoms with van der Waals surface area (Å²) in [7, 11) is 0. The maximum Gasteiger partial charge on any atom is 0.0522 e. The average Bonchev–Trinajstić information content (AvgIpc) is 3.69. The van der Waals surface area contributed by atoms with E-state index < -0.39 is 0 Å². The summed E-state index contributed by atoms with van der Waals surface area (Å²) in [6.07, 6.45) is 35.7. The van der Waals surface area contributed by atoms with Gasteiger partial charge in [-0.15, -0.1) is 0 Å². The van der Waals surface area contributed by atoms with Crippen LogP contribution in [0.1, 0.15) is 271 Å². The second-order valence-electron chi connectivity index (χ2n) is 29.1. The Bertz CT molecular complexity index is 1350. The van der Waals surface area contributed by atoms with Crippen molar-refractivity contribution >= 4 is 0 Å². The molecule has 2 nitrogen and oxygen atoms in total. The minimum absolute atomic E-state index is 0.433. The van der Waals surface area contributed by atoms with E-state index in [0.29, 0.717) is 32.5 Å². The van der Waals surface area contributed by atoms with Crippen molar-refractivity contribution in [3.05, 3.63) is 17.5 Å². The molecule has 350 valence electrons. The number of aryl methyl sites for hydroxylation is 1. The predicted octanol–water partition coefficient (Wildman–Crippen LogP) is 18.7. The molecule has 1 atom stereocenters. The van der Waals surface area contributed by atoms with Crippen molar-refractivity contribution in [3.63, 3.8) is 0 Å². The fraction of sp³-hybridized carbons (Fsp3) is 0.948. The van der Waals surface area contributed by atoms with Crippen LogP contribution in [0.5, 0.6) is 0 Å². The molecule has 9 aliphatic carbocycles. The largest absolute Gasteiger partial charge is 0.282 e. The van der Waals surface area contributed by atoms with Gasteiger partial charge in [0.15, 0.2) is 0 Å². The first-order valence-corrected chi connectivity index (χ1v) is 26.5. The maximum atomic E-state index is 4.10. The number of H-pyrrole nitrogens is 1. The summed E-state index contributed by atoms with van der Waals surface area (Å²) in [6.45, 7) is 42.6. The molecule has 0 saturated heterocycles. The van der Waals surface area contributed by atoms with Crippen LogP contribution in [0, 0.1) is 78.8 Å². The van der Waals surface area contributed by atoms with Crippen LogP contribution >= 0.6 is 0 Å². The molecule has 1 aromatic rings. The minimum Gasteiger partial charge on any atom is -0.282 e. The number of aromatic nitrogens is 2. The third kappa shape index (κ3) is 14.6. The van der Waals surface area contributed by atoms with Gasteiger partial charge in [-0.25, -0.2) is 0 Å². The van der Waals surface area contributed by atoms with E-state index in [-0.39, 0.29) is 0 Å². The van der Waals surface area contributed by atoms with Gasteiger partial charge in [-0.2, -0.15) is 5.10 Å². The molecule has 0 amide bonds. The van der Waals surface area contributed by atoms with E-state index in [2.05, 4.69) is 135 Å². The predicted molar refractivity (Wildman–Crippen MR) is 265 cm³/mol. The van der Waals surface area contributed by atoms with Gasteiger partial charge in [0.25, 0.3) is 0 Å². The molecular weight excluding hydrogens is 725 g/mol. The fourth-order valence-corrected chi connectivity index (χ4v) is 12.3. The van der Waals surface area contributed by atoms with Crippen molar-refractivity contribution in [3.8, 4) is 0 Å². The molecular formula is C58H108N2. The summed E-state index contributed by atoms with van der Waals surface area (Å²) in [6, 6.07) is 0. The number of rotatable bonds is 0. The Kier molecular flexibility index (Phi) is 17.4. The smallest absolute Gasteiger partial charge is 0.0522 e. The first-order chi connectivity index (χ1) is 27.4. The lowest BCUT2D eigenvalue weighted by atomic mass is 9.37. The van der Waals surface area contributed by atoms with Gasteiger partial charge in [-0.3, -0.25) is 5.10 Å². The Morgan fingerprint density at radius 2 is 0.850 bits per heavy atom. The molecule has 1 aromatic heterocycles. The van der Waals surface area contributed by atoms with Gasteiger partial charge in [0, 0.05) is 5.69 Å². The third-order valence-electron chi connectivity index (χ3n) is 18.6. The second kappa shape index (κ2) is 20.2. The van der Waals surface area contributed by atoms with Crippen LogP contribution < -0.4 is 0 Å². The lowest BCUT2D eigenvalue weighted by Gasteiger charge is -2.68. The van der Waals surface area contributed by atoms with Gasteiger partial charge in [-0.1, -0.05) is 170 Å². The second-order valence-corrected chi connectivity index (χ2v) is 29.1. The molecule has 0 radical (unpaired) electrons. The molecule has 1 N–H and O–H groups in total. The van der Waals surface area contributed by atoms with Crippen molar-refractivity contribution in [2.75, 3.05) is 0 Å². The van der Waals surface area contributed by atoms with Crippen LogP contribution in [0.25, 0.3) is 0 Å². The zero-order valence-electron chi connectivity index (χ0n) is 44.3. The van der Waals surface area contributed by atoms with E-state index in [1.165, 1.54) is 146 Å². The molecule has 10 rings (SSSR count). The Labute approximate surface area is 377 Å². The topological polar surface area (TPSA) is 28.7 Å². The molecule has 1 heterocycles. The highest BCUT2D eigenvalue weighted by molar-refractivity contribution is 5.20.